The lowest BCUT2D eigenvalue weighted by Gasteiger charge is -2.15. The zero-order valence-electron chi connectivity index (χ0n) is 10.0. The van der Waals surface area contributed by atoms with Crippen LogP contribution in [0.2, 0.25) is 0 Å². The monoisotopic (exact) mass is 237 g/mol. The molecule has 0 bridgehead atoms. The van der Waals surface area contributed by atoms with E-state index in [1.54, 1.807) is 0 Å². The van der Waals surface area contributed by atoms with E-state index in [0.717, 1.165) is 12.3 Å². The van der Waals surface area contributed by atoms with Crippen LogP contribution in [0.15, 0.2) is 24.3 Å². The van der Waals surface area contributed by atoms with Crippen LogP contribution in [0.25, 0.3) is 0 Å². The summed E-state index contributed by atoms with van der Waals surface area (Å²) in [4.78, 5) is 2.00. The zero-order valence-corrected chi connectivity index (χ0v) is 10.0. The van der Waals surface area contributed by atoms with Crippen molar-refractivity contribution in [3.05, 3.63) is 29.8 Å². The van der Waals surface area contributed by atoms with Crippen LogP contribution in [0.3, 0.4) is 0 Å². The lowest BCUT2D eigenvalue weighted by molar-refractivity contribution is 0.0572. The average Bonchev–Trinajstić information content (AvgIpc) is 2.61. The third-order valence-electron chi connectivity index (χ3n) is 3.03. The molecule has 0 unspecified atom stereocenters. The standard InChI is InChI=1S/C13H19NO3/c1-10-2-4-11(5-3-10)17-7-6-14-8-12(15)13(16)9-14/h2-5,12-13,15-16H,6-9H2,1H3/t12-,13+. The fraction of sp³-hybridized carbons (Fsp3) is 0.538. The smallest absolute Gasteiger partial charge is 0.119 e. The molecule has 1 heterocycles. The summed E-state index contributed by atoms with van der Waals surface area (Å²) in [5, 5.41) is 18.8. The lowest BCUT2D eigenvalue weighted by atomic mass is 10.2. The summed E-state index contributed by atoms with van der Waals surface area (Å²) in [5.41, 5.74) is 1.21. The lowest BCUT2D eigenvalue weighted by Crippen LogP contribution is -2.27. The number of aryl methyl sites for hydroxylation is 1. The van der Waals surface area contributed by atoms with E-state index in [1.165, 1.54) is 5.56 Å². The van der Waals surface area contributed by atoms with Gasteiger partial charge in [-0.05, 0) is 19.1 Å². The van der Waals surface area contributed by atoms with Crippen molar-refractivity contribution >= 4 is 0 Å². The van der Waals surface area contributed by atoms with Crippen LogP contribution in [0.4, 0.5) is 0 Å². The Morgan fingerprint density at radius 1 is 1.18 bits per heavy atom. The molecule has 0 spiro atoms. The Kier molecular flexibility index (Phi) is 3.99. The van der Waals surface area contributed by atoms with E-state index in [1.807, 2.05) is 36.1 Å². The minimum atomic E-state index is -0.616. The Balaban J connectivity index is 1.71. The zero-order chi connectivity index (χ0) is 12.3. The molecular formula is C13H19NO3. The minimum absolute atomic E-state index is 0.526. The molecule has 0 saturated carbocycles. The van der Waals surface area contributed by atoms with Crippen LogP contribution in [0.5, 0.6) is 5.75 Å². The van der Waals surface area contributed by atoms with Crippen LogP contribution in [-0.4, -0.2) is 53.6 Å². The number of hydrogen-bond donors (Lipinski definition) is 2. The number of benzene rings is 1. The predicted molar refractivity (Wildman–Crippen MR) is 65.1 cm³/mol. The number of rotatable bonds is 4. The molecule has 1 fully saturated rings. The molecule has 2 atom stereocenters. The molecule has 1 saturated heterocycles. The van der Waals surface area contributed by atoms with Gasteiger partial charge in [0.05, 0.1) is 12.2 Å². The van der Waals surface area contributed by atoms with Crippen molar-refractivity contribution < 1.29 is 14.9 Å². The quantitative estimate of drug-likeness (QED) is 0.796. The summed E-state index contributed by atoms with van der Waals surface area (Å²) < 4.78 is 5.59. The van der Waals surface area contributed by atoms with E-state index in [9.17, 15) is 10.2 Å². The molecule has 1 aliphatic rings. The van der Waals surface area contributed by atoms with Crippen molar-refractivity contribution in [1.82, 2.24) is 4.90 Å². The van der Waals surface area contributed by atoms with Gasteiger partial charge in [0, 0.05) is 19.6 Å². The number of β-amino-alcohol motifs (C(OH)–C–C–N with tert-alkyl or cyclic N) is 2. The third kappa shape index (κ3) is 3.43. The molecule has 2 N–H and O–H groups in total. The number of likely N-dealkylation sites (tertiary alicyclic amines) is 1. The Bertz CT molecular complexity index is 342. The maximum absolute atomic E-state index is 9.38. The number of ether oxygens (including phenoxy) is 1. The van der Waals surface area contributed by atoms with Gasteiger partial charge in [-0.25, -0.2) is 0 Å². The van der Waals surface area contributed by atoms with Crippen molar-refractivity contribution in [3.8, 4) is 5.75 Å². The van der Waals surface area contributed by atoms with Crippen molar-refractivity contribution in [2.24, 2.45) is 0 Å². The van der Waals surface area contributed by atoms with Gasteiger partial charge in [-0.1, -0.05) is 17.7 Å². The summed E-state index contributed by atoms with van der Waals surface area (Å²) >= 11 is 0. The molecular weight excluding hydrogens is 218 g/mol. The van der Waals surface area contributed by atoms with E-state index >= 15 is 0 Å². The number of nitrogens with zero attached hydrogens (tertiary/aromatic N) is 1. The first-order valence-electron chi connectivity index (χ1n) is 5.93. The highest BCUT2D eigenvalue weighted by atomic mass is 16.5. The predicted octanol–water partition coefficient (Wildman–Crippen LogP) is 0.411. The fourth-order valence-electron chi connectivity index (χ4n) is 1.96. The highest BCUT2D eigenvalue weighted by Gasteiger charge is 2.28. The summed E-state index contributed by atoms with van der Waals surface area (Å²) in [7, 11) is 0. The molecule has 0 radical (unpaired) electrons. The average molecular weight is 237 g/mol. The molecule has 1 aromatic carbocycles. The Hall–Kier alpha value is -1.10. The fourth-order valence-corrected chi connectivity index (χ4v) is 1.96. The van der Waals surface area contributed by atoms with Crippen LogP contribution < -0.4 is 4.74 Å². The van der Waals surface area contributed by atoms with Crippen LogP contribution in [-0.2, 0) is 0 Å². The van der Waals surface area contributed by atoms with Crippen molar-refractivity contribution in [3.63, 3.8) is 0 Å². The van der Waals surface area contributed by atoms with Crippen LogP contribution in [0, 0.1) is 6.92 Å². The number of aliphatic hydroxyl groups is 2. The molecule has 0 aliphatic carbocycles. The van der Waals surface area contributed by atoms with Gasteiger partial charge in [0.1, 0.15) is 12.4 Å². The second kappa shape index (κ2) is 5.49. The van der Waals surface area contributed by atoms with E-state index in [0.29, 0.717) is 19.7 Å². The summed E-state index contributed by atoms with van der Waals surface area (Å²) in [6.45, 7) is 4.39. The van der Waals surface area contributed by atoms with Crippen LogP contribution in [0.1, 0.15) is 5.56 Å². The molecule has 17 heavy (non-hydrogen) atoms. The van der Waals surface area contributed by atoms with Gasteiger partial charge in [0.25, 0.3) is 0 Å². The van der Waals surface area contributed by atoms with E-state index in [-0.39, 0.29) is 0 Å². The first-order chi connectivity index (χ1) is 8.15. The topological polar surface area (TPSA) is 52.9 Å². The Morgan fingerprint density at radius 3 is 2.35 bits per heavy atom. The van der Waals surface area contributed by atoms with Gasteiger partial charge < -0.3 is 14.9 Å². The Labute approximate surface area is 101 Å². The van der Waals surface area contributed by atoms with E-state index < -0.39 is 12.2 Å². The SMILES string of the molecule is Cc1ccc(OCCN2C[C@@H](O)[C@@H](O)C2)cc1. The molecule has 4 nitrogen and oxygen atoms in total. The summed E-state index contributed by atoms with van der Waals surface area (Å²) in [6.07, 6.45) is -1.23. The molecule has 94 valence electrons. The molecule has 0 amide bonds. The maximum atomic E-state index is 9.38. The van der Waals surface area contributed by atoms with Gasteiger partial charge >= 0.3 is 0 Å². The van der Waals surface area contributed by atoms with Crippen molar-refractivity contribution in [1.29, 1.82) is 0 Å². The van der Waals surface area contributed by atoms with E-state index in [4.69, 9.17) is 4.74 Å². The first-order valence-corrected chi connectivity index (χ1v) is 5.93. The van der Waals surface area contributed by atoms with Crippen molar-refractivity contribution in [2.75, 3.05) is 26.2 Å². The second-order valence-corrected chi connectivity index (χ2v) is 4.56. The van der Waals surface area contributed by atoms with Gasteiger partial charge in [0.2, 0.25) is 0 Å². The van der Waals surface area contributed by atoms with Crippen LogP contribution >= 0.6 is 0 Å². The normalized spacial score (nSPS) is 25.1. The molecule has 0 aromatic heterocycles. The highest BCUT2D eigenvalue weighted by molar-refractivity contribution is 5.26. The number of hydrogen-bond acceptors (Lipinski definition) is 4. The van der Waals surface area contributed by atoms with Gasteiger partial charge in [-0.2, -0.15) is 0 Å². The summed E-state index contributed by atoms with van der Waals surface area (Å²) in [5.74, 6) is 0.857. The third-order valence-corrected chi connectivity index (χ3v) is 3.03. The summed E-state index contributed by atoms with van der Waals surface area (Å²) in [6, 6.07) is 7.92. The maximum Gasteiger partial charge on any atom is 0.119 e. The molecule has 1 aromatic rings. The van der Waals surface area contributed by atoms with Gasteiger partial charge in [0.15, 0.2) is 0 Å². The minimum Gasteiger partial charge on any atom is -0.492 e. The molecule has 1 aliphatic heterocycles. The largest absolute Gasteiger partial charge is 0.492 e. The van der Waals surface area contributed by atoms with E-state index in [2.05, 4.69) is 0 Å². The molecule has 4 heteroatoms. The highest BCUT2D eigenvalue weighted by Crippen LogP contribution is 2.12. The van der Waals surface area contributed by atoms with Gasteiger partial charge in [-0.3, -0.25) is 4.90 Å². The second-order valence-electron chi connectivity index (χ2n) is 4.56. The number of aliphatic hydroxyl groups excluding tert-OH is 2. The first kappa shape index (κ1) is 12.4. The molecule has 2 rings (SSSR count). The Morgan fingerprint density at radius 2 is 1.76 bits per heavy atom. The van der Waals surface area contributed by atoms with Gasteiger partial charge in [-0.15, -0.1) is 0 Å². The van der Waals surface area contributed by atoms with Crippen molar-refractivity contribution in [2.45, 2.75) is 19.1 Å².